The number of nitrogens with zero attached hydrogens (tertiary/aromatic N) is 2. The van der Waals surface area contributed by atoms with Crippen LogP contribution in [0.25, 0.3) is 21.3 Å². The summed E-state index contributed by atoms with van der Waals surface area (Å²) in [7, 11) is 0. The number of aromatic nitrogens is 2. The van der Waals surface area contributed by atoms with E-state index in [1.54, 1.807) is 17.6 Å². The maximum Gasteiger partial charge on any atom is 0.223 e. The van der Waals surface area contributed by atoms with Gasteiger partial charge in [0.25, 0.3) is 0 Å². The summed E-state index contributed by atoms with van der Waals surface area (Å²) >= 11 is 1.57. The van der Waals surface area contributed by atoms with Gasteiger partial charge in [-0.1, -0.05) is 30.3 Å². The number of thiophene rings is 1. The largest absolute Gasteiger partial charge is 0.469 e. The zero-order valence-corrected chi connectivity index (χ0v) is 13.0. The average molecular weight is 322 g/mol. The summed E-state index contributed by atoms with van der Waals surface area (Å²) in [4.78, 5) is 10.4. The molecule has 0 aliphatic carbocycles. The Bertz CT molecular complexity index is 961. The molecular formula is C17H14N4OS. The summed E-state index contributed by atoms with van der Waals surface area (Å²) in [5.74, 6) is 1.50. The molecule has 0 spiro atoms. The molecule has 0 saturated heterocycles. The Balaban J connectivity index is 1.99. The van der Waals surface area contributed by atoms with Gasteiger partial charge in [0, 0.05) is 16.9 Å². The molecule has 4 rings (SSSR count). The molecule has 0 unspecified atom stereocenters. The average Bonchev–Trinajstić information content (AvgIpc) is 3.16. The molecule has 1 aromatic carbocycles. The first-order chi connectivity index (χ1) is 11.2. The highest BCUT2D eigenvalue weighted by molar-refractivity contribution is 7.19. The minimum Gasteiger partial charge on any atom is -0.469 e. The van der Waals surface area contributed by atoms with Crippen LogP contribution >= 0.6 is 11.3 Å². The van der Waals surface area contributed by atoms with Crippen LogP contribution in [0.5, 0.6) is 0 Å². The lowest BCUT2D eigenvalue weighted by atomic mass is 10.0. The maximum absolute atomic E-state index is 6.13. The topological polar surface area (TPSA) is 91.0 Å². The molecule has 0 fully saturated rings. The van der Waals surface area contributed by atoms with Crippen molar-refractivity contribution in [3.8, 4) is 11.1 Å². The summed E-state index contributed by atoms with van der Waals surface area (Å²) in [6, 6.07) is 14.0. The number of benzene rings is 1. The molecule has 0 bridgehead atoms. The molecule has 4 N–H and O–H groups in total. The SMILES string of the molecule is Nc1nc(N)c2c(-c3ccccc3)c(Cc3ccco3)sc2n1. The molecule has 4 aromatic rings. The fourth-order valence-electron chi connectivity index (χ4n) is 2.70. The molecule has 114 valence electrons. The normalized spacial score (nSPS) is 11.1. The Morgan fingerprint density at radius 3 is 2.57 bits per heavy atom. The maximum atomic E-state index is 6.13. The summed E-state index contributed by atoms with van der Waals surface area (Å²) in [6.45, 7) is 0. The van der Waals surface area contributed by atoms with Gasteiger partial charge in [-0.15, -0.1) is 11.3 Å². The van der Waals surface area contributed by atoms with E-state index in [4.69, 9.17) is 15.9 Å². The van der Waals surface area contributed by atoms with Crippen molar-refractivity contribution in [3.05, 3.63) is 59.4 Å². The smallest absolute Gasteiger partial charge is 0.223 e. The molecule has 6 heteroatoms. The summed E-state index contributed by atoms with van der Waals surface area (Å²) in [5, 5.41) is 0.858. The molecule has 0 radical (unpaired) electrons. The Kier molecular flexibility index (Phi) is 3.24. The molecular weight excluding hydrogens is 308 g/mol. The lowest BCUT2D eigenvalue weighted by Gasteiger charge is -2.05. The molecule has 0 saturated carbocycles. The van der Waals surface area contributed by atoms with E-state index in [-0.39, 0.29) is 5.95 Å². The number of nitrogens with two attached hydrogens (primary N) is 2. The van der Waals surface area contributed by atoms with E-state index >= 15 is 0 Å². The van der Waals surface area contributed by atoms with Crippen molar-refractivity contribution in [1.29, 1.82) is 0 Å². The highest BCUT2D eigenvalue weighted by atomic mass is 32.1. The number of anilines is 2. The Hall–Kier alpha value is -2.86. The van der Waals surface area contributed by atoms with Crippen molar-refractivity contribution in [2.75, 3.05) is 11.5 Å². The van der Waals surface area contributed by atoms with Crippen LogP contribution in [0.4, 0.5) is 11.8 Å². The van der Waals surface area contributed by atoms with Gasteiger partial charge in [-0.05, 0) is 17.7 Å². The van der Waals surface area contributed by atoms with E-state index in [1.807, 2.05) is 30.3 Å². The zero-order chi connectivity index (χ0) is 15.8. The van der Waals surface area contributed by atoms with Crippen LogP contribution in [-0.4, -0.2) is 9.97 Å². The minimum atomic E-state index is 0.195. The highest BCUT2D eigenvalue weighted by Crippen LogP contribution is 2.41. The number of hydrogen-bond acceptors (Lipinski definition) is 6. The van der Waals surface area contributed by atoms with Gasteiger partial charge in [-0.25, -0.2) is 4.98 Å². The van der Waals surface area contributed by atoms with E-state index in [0.717, 1.165) is 32.0 Å². The van der Waals surface area contributed by atoms with E-state index in [0.29, 0.717) is 12.2 Å². The minimum absolute atomic E-state index is 0.195. The van der Waals surface area contributed by atoms with Gasteiger partial charge in [-0.2, -0.15) is 4.98 Å². The van der Waals surface area contributed by atoms with Crippen LogP contribution in [0, 0.1) is 0 Å². The third-order valence-electron chi connectivity index (χ3n) is 3.65. The fourth-order valence-corrected chi connectivity index (χ4v) is 3.91. The third-order valence-corrected chi connectivity index (χ3v) is 4.73. The first kappa shape index (κ1) is 13.8. The number of furan rings is 1. The Labute approximate surface area is 136 Å². The van der Waals surface area contributed by atoms with Crippen molar-refractivity contribution in [1.82, 2.24) is 9.97 Å². The van der Waals surface area contributed by atoms with Gasteiger partial charge in [0.05, 0.1) is 11.6 Å². The molecule has 3 heterocycles. The van der Waals surface area contributed by atoms with Gasteiger partial charge in [0.1, 0.15) is 16.4 Å². The fraction of sp³-hybridized carbons (Fsp3) is 0.0588. The van der Waals surface area contributed by atoms with Gasteiger partial charge < -0.3 is 15.9 Å². The molecule has 23 heavy (non-hydrogen) atoms. The van der Waals surface area contributed by atoms with Gasteiger partial charge in [-0.3, -0.25) is 0 Å². The predicted molar refractivity (Wildman–Crippen MR) is 93.2 cm³/mol. The van der Waals surface area contributed by atoms with Crippen LogP contribution in [0.15, 0.2) is 53.1 Å². The van der Waals surface area contributed by atoms with Crippen LogP contribution in [0.3, 0.4) is 0 Å². The van der Waals surface area contributed by atoms with Crippen molar-refractivity contribution in [2.45, 2.75) is 6.42 Å². The van der Waals surface area contributed by atoms with Crippen LogP contribution in [-0.2, 0) is 6.42 Å². The second-order valence-corrected chi connectivity index (χ2v) is 6.25. The van der Waals surface area contributed by atoms with E-state index in [9.17, 15) is 0 Å². The molecule has 0 atom stereocenters. The lowest BCUT2D eigenvalue weighted by Crippen LogP contribution is -1.99. The van der Waals surface area contributed by atoms with Crippen molar-refractivity contribution in [3.63, 3.8) is 0 Å². The zero-order valence-electron chi connectivity index (χ0n) is 12.2. The number of nitrogen functional groups attached to an aromatic ring is 2. The molecule has 5 nitrogen and oxygen atoms in total. The van der Waals surface area contributed by atoms with Crippen LogP contribution < -0.4 is 11.5 Å². The molecule has 0 amide bonds. The summed E-state index contributed by atoms with van der Waals surface area (Å²) in [6.07, 6.45) is 2.36. The van der Waals surface area contributed by atoms with Gasteiger partial charge in [0.15, 0.2) is 0 Å². The van der Waals surface area contributed by atoms with Crippen molar-refractivity contribution < 1.29 is 4.42 Å². The van der Waals surface area contributed by atoms with Gasteiger partial charge >= 0.3 is 0 Å². The second kappa shape index (κ2) is 5.40. The molecule has 0 aliphatic heterocycles. The quantitative estimate of drug-likeness (QED) is 0.600. The predicted octanol–water partition coefficient (Wildman–Crippen LogP) is 3.71. The number of rotatable bonds is 3. The summed E-state index contributed by atoms with van der Waals surface area (Å²) in [5.41, 5.74) is 14.0. The highest BCUT2D eigenvalue weighted by Gasteiger charge is 2.19. The molecule has 0 aliphatic rings. The van der Waals surface area contributed by atoms with Gasteiger partial charge in [0.2, 0.25) is 5.95 Å². The standard InChI is InChI=1S/C17H14N4OS/c18-15-14-13(10-5-2-1-3-6-10)12(9-11-7-4-8-22-11)23-16(14)21-17(19)20-15/h1-8H,9H2,(H4,18,19,20,21). The number of fused-ring (bicyclic) bond motifs is 1. The van der Waals surface area contributed by atoms with Crippen LogP contribution in [0.2, 0.25) is 0 Å². The van der Waals surface area contributed by atoms with Crippen molar-refractivity contribution in [2.24, 2.45) is 0 Å². The second-order valence-electron chi connectivity index (χ2n) is 5.17. The number of hydrogen-bond donors (Lipinski definition) is 2. The van der Waals surface area contributed by atoms with E-state index in [2.05, 4.69) is 22.1 Å². The van der Waals surface area contributed by atoms with E-state index in [1.165, 1.54) is 0 Å². The van der Waals surface area contributed by atoms with E-state index < -0.39 is 0 Å². The first-order valence-electron chi connectivity index (χ1n) is 7.14. The Morgan fingerprint density at radius 2 is 1.83 bits per heavy atom. The lowest BCUT2D eigenvalue weighted by molar-refractivity contribution is 0.522. The van der Waals surface area contributed by atoms with Crippen molar-refractivity contribution >= 4 is 33.3 Å². The monoisotopic (exact) mass is 322 g/mol. The third kappa shape index (κ3) is 2.43. The first-order valence-corrected chi connectivity index (χ1v) is 7.96. The molecule has 3 aromatic heterocycles. The Morgan fingerprint density at radius 1 is 1.00 bits per heavy atom. The summed E-state index contributed by atoms with van der Waals surface area (Å²) < 4.78 is 5.49. The van der Waals surface area contributed by atoms with Crippen LogP contribution in [0.1, 0.15) is 10.6 Å².